The molecule has 2 aromatic rings. The van der Waals surface area contributed by atoms with Gasteiger partial charge in [-0.05, 0) is 25.5 Å². The monoisotopic (exact) mass is 231 g/mol. The quantitative estimate of drug-likeness (QED) is 0.755. The van der Waals surface area contributed by atoms with Gasteiger partial charge in [-0.3, -0.25) is 0 Å². The van der Waals surface area contributed by atoms with E-state index in [2.05, 4.69) is 10.1 Å². The van der Waals surface area contributed by atoms with E-state index in [9.17, 15) is 4.79 Å². The average Bonchev–Trinajstić information content (AvgIpc) is 2.79. The summed E-state index contributed by atoms with van der Waals surface area (Å²) in [6.07, 6.45) is 4.79. The molecule has 0 aliphatic heterocycles. The molecule has 0 aromatic carbocycles. The summed E-state index contributed by atoms with van der Waals surface area (Å²) in [6.45, 7) is 4.06. The third kappa shape index (κ3) is 2.33. The number of hydrogen-bond acceptors (Lipinski definition) is 4. The van der Waals surface area contributed by atoms with Crippen LogP contribution in [-0.2, 0) is 4.74 Å². The minimum atomic E-state index is -0.368. The maximum atomic E-state index is 11.5. The molecule has 17 heavy (non-hydrogen) atoms. The van der Waals surface area contributed by atoms with Gasteiger partial charge in [0.2, 0.25) is 0 Å². The first-order chi connectivity index (χ1) is 8.22. The van der Waals surface area contributed by atoms with Crippen LogP contribution in [0.25, 0.3) is 5.82 Å². The van der Waals surface area contributed by atoms with Gasteiger partial charge < -0.3 is 4.74 Å². The van der Waals surface area contributed by atoms with E-state index in [1.165, 1.54) is 6.20 Å². The molecule has 0 saturated carbocycles. The predicted octanol–water partition coefficient (Wildman–Crippen LogP) is 1.75. The SMILES string of the molecule is CCOC(=O)c1cnn(-c2ncccc2C)c1. The molecule has 2 rings (SSSR count). The van der Waals surface area contributed by atoms with Crippen molar-refractivity contribution in [3.8, 4) is 5.82 Å². The van der Waals surface area contributed by atoms with Gasteiger partial charge in [-0.25, -0.2) is 14.5 Å². The van der Waals surface area contributed by atoms with Gasteiger partial charge in [0, 0.05) is 12.4 Å². The number of ether oxygens (including phenoxy) is 1. The maximum absolute atomic E-state index is 11.5. The summed E-state index contributed by atoms with van der Waals surface area (Å²) in [4.78, 5) is 15.7. The van der Waals surface area contributed by atoms with Crippen LogP contribution < -0.4 is 0 Å². The summed E-state index contributed by atoms with van der Waals surface area (Å²) in [5.74, 6) is 0.343. The van der Waals surface area contributed by atoms with E-state index in [1.54, 1.807) is 24.0 Å². The number of carbonyl (C=O) groups is 1. The molecule has 0 unspecified atom stereocenters. The average molecular weight is 231 g/mol. The minimum Gasteiger partial charge on any atom is -0.462 e. The fraction of sp³-hybridized carbons (Fsp3) is 0.250. The lowest BCUT2D eigenvalue weighted by atomic mass is 10.3. The first-order valence-electron chi connectivity index (χ1n) is 5.36. The third-order valence-electron chi connectivity index (χ3n) is 2.29. The summed E-state index contributed by atoms with van der Waals surface area (Å²) < 4.78 is 6.47. The van der Waals surface area contributed by atoms with Crippen molar-refractivity contribution in [3.63, 3.8) is 0 Å². The molecule has 0 aliphatic rings. The lowest BCUT2D eigenvalue weighted by molar-refractivity contribution is 0.0526. The van der Waals surface area contributed by atoms with Gasteiger partial charge in [-0.15, -0.1) is 0 Å². The largest absolute Gasteiger partial charge is 0.462 e. The van der Waals surface area contributed by atoms with Crippen molar-refractivity contribution >= 4 is 5.97 Å². The lowest BCUT2D eigenvalue weighted by Crippen LogP contribution is -2.04. The molecule has 0 aliphatic carbocycles. The zero-order valence-corrected chi connectivity index (χ0v) is 9.75. The number of aryl methyl sites for hydroxylation is 1. The van der Waals surface area contributed by atoms with Gasteiger partial charge in [0.1, 0.15) is 0 Å². The van der Waals surface area contributed by atoms with Gasteiger partial charge in [0.25, 0.3) is 0 Å². The standard InChI is InChI=1S/C12H13N3O2/c1-3-17-12(16)10-7-14-15(8-10)11-9(2)5-4-6-13-11/h4-8H,3H2,1-2H3. The van der Waals surface area contributed by atoms with Gasteiger partial charge in [-0.1, -0.05) is 6.07 Å². The van der Waals surface area contributed by atoms with Crippen molar-refractivity contribution < 1.29 is 9.53 Å². The molecule has 2 aromatic heterocycles. The van der Waals surface area contributed by atoms with Crippen LogP contribution in [0, 0.1) is 6.92 Å². The molecule has 0 amide bonds. The minimum absolute atomic E-state index is 0.354. The molecule has 0 fully saturated rings. The number of aromatic nitrogens is 3. The van der Waals surface area contributed by atoms with Gasteiger partial charge in [0.05, 0.1) is 18.4 Å². The van der Waals surface area contributed by atoms with E-state index < -0.39 is 0 Å². The fourth-order valence-corrected chi connectivity index (χ4v) is 1.48. The van der Waals surface area contributed by atoms with Gasteiger partial charge >= 0.3 is 5.97 Å². The summed E-state index contributed by atoms with van der Waals surface area (Å²) >= 11 is 0. The Kier molecular flexibility index (Phi) is 3.18. The number of rotatable bonds is 3. The first kappa shape index (κ1) is 11.3. The maximum Gasteiger partial charge on any atom is 0.341 e. The van der Waals surface area contributed by atoms with Gasteiger partial charge in [-0.2, -0.15) is 5.10 Å². The Hall–Kier alpha value is -2.17. The Morgan fingerprint density at radius 1 is 1.53 bits per heavy atom. The van der Waals surface area contributed by atoms with Crippen LogP contribution in [0.5, 0.6) is 0 Å². The van der Waals surface area contributed by atoms with E-state index in [1.807, 2.05) is 19.1 Å². The Morgan fingerprint density at radius 2 is 2.35 bits per heavy atom. The molecule has 5 heteroatoms. The first-order valence-corrected chi connectivity index (χ1v) is 5.36. The second-order valence-electron chi connectivity index (χ2n) is 3.54. The van der Waals surface area contributed by atoms with E-state index in [0.29, 0.717) is 18.0 Å². The zero-order valence-electron chi connectivity index (χ0n) is 9.75. The highest BCUT2D eigenvalue weighted by Crippen LogP contribution is 2.10. The number of hydrogen-bond donors (Lipinski definition) is 0. The highest BCUT2D eigenvalue weighted by molar-refractivity contribution is 5.88. The van der Waals surface area contributed by atoms with Crippen LogP contribution >= 0.6 is 0 Å². The van der Waals surface area contributed by atoms with Crippen LogP contribution in [-0.4, -0.2) is 27.3 Å². The van der Waals surface area contributed by atoms with E-state index in [-0.39, 0.29) is 5.97 Å². The highest BCUT2D eigenvalue weighted by Gasteiger charge is 2.11. The van der Waals surface area contributed by atoms with Crippen molar-refractivity contribution in [1.82, 2.24) is 14.8 Å². The van der Waals surface area contributed by atoms with E-state index in [4.69, 9.17) is 4.74 Å². The third-order valence-corrected chi connectivity index (χ3v) is 2.29. The number of pyridine rings is 1. The van der Waals surface area contributed by atoms with Crippen molar-refractivity contribution in [1.29, 1.82) is 0 Å². The summed E-state index contributed by atoms with van der Waals surface area (Å²) in [5, 5.41) is 4.10. The molecule has 0 bridgehead atoms. The second kappa shape index (κ2) is 4.78. The Labute approximate surface area is 99.1 Å². The van der Waals surface area contributed by atoms with Crippen LogP contribution in [0.1, 0.15) is 22.8 Å². The zero-order chi connectivity index (χ0) is 12.3. The van der Waals surface area contributed by atoms with Gasteiger partial charge in [0.15, 0.2) is 5.82 Å². The fourth-order valence-electron chi connectivity index (χ4n) is 1.48. The molecular weight excluding hydrogens is 218 g/mol. The summed E-state index contributed by atoms with van der Waals surface area (Å²) in [5.41, 5.74) is 1.42. The summed E-state index contributed by atoms with van der Waals surface area (Å²) in [6, 6.07) is 3.79. The van der Waals surface area contributed by atoms with Crippen molar-refractivity contribution in [2.75, 3.05) is 6.61 Å². The molecule has 0 saturated heterocycles. The molecule has 88 valence electrons. The summed E-state index contributed by atoms with van der Waals surface area (Å²) in [7, 11) is 0. The lowest BCUT2D eigenvalue weighted by Gasteiger charge is -2.02. The van der Waals surface area contributed by atoms with E-state index >= 15 is 0 Å². The Bertz CT molecular complexity index is 534. The molecule has 5 nitrogen and oxygen atoms in total. The molecular formula is C12H13N3O2. The Balaban J connectivity index is 2.30. The van der Waals surface area contributed by atoms with Crippen molar-refractivity contribution in [3.05, 3.63) is 41.9 Å². The van der Waals surface area contributed by atoms with Crippen molar-refractivity contribution in [2.24, 2.45) is 0 Å². The van der Waals surface area contributed by atoms with Crippen LogP contribution in [0.4, 0.5) is 0 Å². The number of carbonyl (C=O) groups excluding carboxylic acids is 1. The number of esters is 1. The van der Waals surface area contributed by atoms with Crippen molar-refractivity contribution in [2.45, 2.75) is 13.8 Å². The van der Waals surface area contributed by atoms with E-state index in [0.717, 1.165) is 5.56 Å². The molecule has 0 atom stereocenters. The predicted molar refractivity (Wildman–Crippen MR) is 62.1 cm³/mol. The number of nitrogens with zero attached hydrogens (tertiary/aromatic N) is 3. The van der Waals surface area contributed by atoms with Crippen LogP contribution in [0.3, 0.4) is 0 Å². The van der Waals surface area contributed by atoms with Crippen LogP contribution in [0.2, 0.25) is 0 Å². The molecule has 2 heterocycles. The van der Waals surface area contributed by atoms with Crippen LogP contribution in [0.15, 0.2) is 30.7 Å². The Morgan fingerprint density at radius 3 is 3.06 bits per heavy atom. The topological polar surface area (TPSA) is 57.0 Å². The second-order valence-corrected chi connectivity index (χ2v) is 3.54. The highest BCUT2D eigenvalue weighted by atomic mass is 16.5. The normalized spacial score (nSPS) is 10.2. The molecule has 0 N–H and O–H groups in total. The molecule has 0 radical (unpaired) electrons. The smallest absolute Gasteiger partial charge is 0.341 e. The molecule has 0 spiro atoms.